The van der Waals surface area contributed by atoms with Crippen LogP contribution >= 0.6 is 0 Å². The van der Waals surface area contributed by atoms with Crippen molar-refractivity contribution in [2.75, 3.05) is 24.8 Å². The van der Waals surface area contributed by atoms with Gasteiger partial charge in [-0.05, 0) is 48.7 Å². The Labute approximate surface area is 159 Å². The number of amides is 1. The maximum absolute atomic E-state index is 12.2. The van der Waals surface area contributed by atoms with Crippen molar-refractivity contribution < 1.29 is 14.3 Å². The Morgan fingerprint density at radius 2 is 1.78 bits per heavy atom. The Hall–Kier alpha value is -3.02. The van der Waals surface area contributed by atoms with E-state index in [1.54, 1.807) is 24.4 Å². The van der Waals surface area contributed by atoms with Crippen molar-refractivity contribution in [3.05, 3.63) is 53.6 Å². The minimum Gasteiger partial charge on any atom is -0.454 e. The van der Waals surface area contributed by atoms with Gasteiger partial charge in [-0.3, -0.25) is 4.79 Å². The maximum Gasteiger partial charge on any atom is 0.271 e. The van der Waals surface area contributed by atoms with Crippen LogP contribution in [0.25, 0.3) is 0 Å². The van der Waals surface area contributed by atoms with E-state index in [0.717, 1.165) is 31.5 Å². The van der Waals surface area contributed by atoms with Crippen molar-refractivity contribution >= 4 is 17.8 Å². The highest BCUT2D eigenvalue weighted by Crippen LogP contribution is 2.32. The maximum atomic E-state index is 12.2. The van der Waals surface area contributed by atoms with Gasteiger partial charge in [-0.2, -0.15) is 5.10 Å². The minimum absolute atomic E-state index is 0.183. The SMILES string of the molecule is CCCN(CCC)c1ccc(/C=N\NC(=O)c2ccc3c(c2)OCO3)cc1. The van der Waals surface area contributed by atoms with E-state index in [1.165, 1.54) is 5.69 Å². The van der Waals surface area contributed by atoms with Crippen molar-refractivity contribution in [3.63, 3.8) is 0 Å². The quantitative estimate of drug-likeness (QED) is 0.569. The van der Waals surface area contributed by atoms with Gasteiger partial charge in [0.2, 0.25) is 6.79 Å². The average molecular weight is 367 g/mol. The molecule has 0 aromatic heterocycles. The summed E-state index contributed by atoms with van der Waals surface area (Å²) >= 11 is 0. The van der Waals surface area contributed by atoms with E-state index in [9.17, 15) is 4.79 Å². The predicted molar refractivity (Wildman–Crippen MR) is 107 cm³/mol. The highest BCUT2D eigenvalue weighted by atomic mass is 16.7. The topological polar surface area (TPSA) is 63.2 Å². The molecule has 1 amide bonds. The number of carbonyl (C=O) groups excluding carboxylic acids is 1. The lowest BCUT2D eigenvalue weighted by molar-refractivity contribution is 0.0954. The first kappa shape index (κ1) is 18.8. The number of benzene rings is 2. The molecule has 2 aromatic carbocycles. The van der Waals surface area contributed by atoms with Gasteiger partial charge in [0.1, 0.15) is 0 Å². The van der Waals surface area contributed by atoms with Gasteiger partial charge in [0.25, 0.3) is 5.91 Å². The molecule has 0 unspecified atom stereocenters. The van der Waals surface area contributed by atoms with Crippen molar-refractivity contribution in [2.24, 2.45) is 5.10 Å². The molecule has 27 heavy (non-hydrogen) atoms. The van der Waals surface area contributed by atoms with Crippen LogP contribution in [0.1, 0.15) is 42.6 Å². The summed E-state index contributed by atoms with van der Waals surface area (Å²) in [4.78, 5) is 14.6. The molecule has 0 radical (unpaired) electrons. The standard InChI is InChI=1S/C21H25N3O3/c1-3-11-24(12-4-2)18-8-5-16(6-9-18)14-22-23-21(25)17-7-10-19-20(13-17)27-15-26-19/h5-10,13-14H,3-4,11-12,15H2,1-2H3,(H,23,25)/b22-14-. The number of nitrogens with one attached hydrogen (secondary N) is 1. The number of carbonyl (C=O) groups is 1. The summed E-state index contributed by atoms with van der Waals surface area (Å²) < 4.78 is 10.5. The lowest BCUT2D eigenvalue weighted by Crippen LogP contribution is -2.24. The van der Waals surface area contributed by atoms with Crippen LogP contribution in [0.5, 0.6) is 11.5 Å². The normalized spacial score (nSPS) is 12.4. The molecule has 6 nitrogen and oxygen atoms in total. The van der Waals surface area contributed by atoms with E-state index < -0.39 is 0 Å². The highest BCUT2D eigenvalue weighted by molar-refractivity contribution is 5.95. The fraction of sp³-hybridized carbons (Fsp3) is 0.333. The third-order valence-electron chi connectivity index (χ3n) is 4.26. The van der Waals surface area contributed by atoms with Crippen LogP contribution in [0.3, 0.4) is 0 Å². The Balaban J connectivity index is 1.58. The minimum atomic E-state index is -0.293. The fourth-order valence-electron chi connectivity index (χ4n) is 2.95. The van der Waals surface area contributed by atoms with Crippen LogP contribution in [0, 0.1) is 0 Å². The van der Waals surface area contributed by atoms with Crippen molar-refractivity contribution in [2.45, 2.75) is 26.7 Å². The van der Waals surface area contributed by atoms with E-state index in [-0.39, 0.29) is 12.7 Å². The molecule has 0 fully saturated rings. The van der Waals surface area contributed by atoms with Gasteiger partial charge in [-0.1, -0.05) is 26.0 Å². The van der Waals surface area contributed by atoms with Crippen molar-refractivity contribution in [3.8, 4) is 11.5 Å². The molecule has 6 heteroatoms. The van der Waals surface area contributed by atoms with Crippen LogP contribution in [-0.2, 0) is 0 Å². The lowest BCUT2D eigenvalue weighted by Gasteiger charge is -2.23. The largest absolute Gasteiger partial charge is 0.454 e. The van der Waals surface area contributed by atoms with Crippen LogP contribution < -0.4 is 19.8 Å². The second kappa shape index (κ2) is 9.07. The van der Waals surface area contributed by atoms with E-state index in [1.807, 2.05) is 12.1 Å². The molecule has 0 bridgehead atoms. The number of nitrogens with zero attached hydrogens (tertiary/aromatic N) is 2. The van der Waals surface area contributed by atoms with Gasteiger partial charge >= 0.3 is 0 Å². The number of hydrogen-bond acceptors (Lipinski definition) is 5. The predicted octanol–water partition coefficient (Wildman–Crippen LogP) is 3.81. The molecule has 1 N–H and O–H groups in total. The smallest absolute Gasteiger partial charge is 0.271 e. The number of anilines is 1. The molecule has 2 aromatic rings. The van der Waals surface area contributed by atoms with Crippen LogP contribution in [0.4, 0.5) is 5.69 Å². The molecule has 0 saturated carbocycles. The van der Waals surface area contributed by atoms with Crippen LogP contribution in [0.2, 0.25) is 0 Å². The Bertz CT molecular complexity index is 797. The molecule has 0 saturated heterocycles. The Morgan fingerprint density at radius 3 is 2.48 bits per heavy atom. The molecule has 142 valence electrons. The monoisotopic (exact) mass is 367 g/mol. The molecule has 1 heterocycles. The zero-order valence-electron chi connectivity index (χ0n) is 15.8. The van der Waals surface area contributed by atoms with Crippen molar-refractivity contribution in [1.82, 2.24) is 5.43 Å². The summed E-state index contributed by atoms with van der Waals surface area (Å²) in [5, 5.41) is 4.05. The van der Waals surface area contributed by atoms with Gasteiger partial charge in [0.15, 0.2) is 11.5 Å². The van der Waals surface area contributed by atoms with E-state index in [0.29, 0.717) is 17.1 Å². The summed E-state index contributed by atoms with van der Waals surface area (Å²) in [6.07, 6.45) is 3.88. The number of ether oxygens (including phenoxy) is 2. The fourth-order valence-corrected chi connectivity index (χ4v) is 2.95. The van der Waals surface area contributed by atoms with Gasteiger partial charge in [-0.15, -0.1) is 0 Å². The first-order chi connectivity index (χ1) is 13.2. The molecule has 1 aliphatic rings. The van der Waals surface area contributed by atoms with Gasteiger partial charge < -0.3 is 14.4 Å². The van der Waals surface area contributed by atoms with Crippen molar-refractivity contribution in [1.29, 1.82) is 0 Å². The van der Waals surface area contributed by atoms with Gasteiger partial charge in [-0.25, -0.2) is 5.43 Å². The van der Waals surface area contributed by atoms with Gasteiger partial charge in [0.05, 0.1) is 6.21 Å². The van der Waals surface area contributed by atoms with Crippen LogP contribution in [0.15, 0.2) is 47.6 Å². The number of rotatable bonds is 8. The molecule has 1 aliphatic heterocycles. The first-order valence-corrected chi connectivity index (χ1v) is 9.29. The third kappa shape index (κ3) is 4.78. The molecular weight excluding hydrogens is 342 g/mol. The van der Waals surface area contributed by atoms with Gasteiger partial charge in [0, 0.05) is 24.3 Å². The number of fused-ring (bicyclic) bond motifs is 1. The third-order valence-corrected chi connectivity index (χ3v) is 4.26. The van der Waals surface area contributed by atoms with E-state index in [4.69, 9.17) is 9.47 Å². The molecule has 0 atom stereocenters. The summed E-state index contributed by atoms with van der Waals surface area (Å²) in [6, 6.07) is 13.2. The summed E-state index contributed by atoms with van der Waals surface area (Å²) in [6.45, 7) is 6.65. The number of hydrogen-bond donors (Lipinski definition) is 1. The summed E-state index contributed by atoms with van der Waals surface area (Å²) in [5.74, 6) is 0.930. The zero-order chi connectivity index (χ0) is 19.1. The molecule has 0 aliphatic carbocycles. The van der Waals surface area contributed by atoms with E-state index in [2.05, 4.69) is 41.4 Å². The lowest BCUT2D eigenvalue weighted by atomic mass is 10.2. The molecular formula is C21H25N3O3. The van der Waals surface area contributed by atoms with E-state index >= 15 is 0 Å². The summed E-state index contributed by atoms with van der Waals surface area (Å²) in [7, 11) is 0. The average Bonchev–Trinajstić information content (AvgIpc) is 3.16. The Kier molecular flexibility index (Phi) is 6.30. The highest BCUT2D eigenvalue weighted by Gasteiger charge is 2.15. The molecule has 0 spiro atoms. The zero-order valence-corrected chi connectivity index (χ0v) is 15.8. The summed E-state index contributed by atoms with van der Waals surface area (Å²) in [5.41, 5.74) is 5.15. The number of hydrazone groups is 1. The molecule has 3 rings (SSSR count). The second-order valence-electron chi connectivity index (χ2n) is 6.35. The Morgan fingerprint density at radius 1 is 1.07 bits per heavy atom. The first-order valence-electron chi connectivity index (χ1n) is 9.29. The second-order valence-corrected chi connectivity index (χ2v) is 6.35. The van der Waals surface area contributed by atoms with Crippen LogP contribution in [-0.4, -0.2) is 32.0 Å².